The third kappa shape index (κ3) is 3.60. The second-order valence-electron chi connectivity index (χ2n) is 7.63. The molecule has 0 bridgehead atoms. The lowest BCUT2D eigenvalue weighted by molar-refractivity contribution is 0.151. The molecular weight excluding hydrogens is 306 g/mol. The highest BCUT2D eigenvalue weighted by atomic mass is 19.2. The fraction of sp³-hybridized carbons (Fsp3) is 0.714. The third-order valence-electron chi connectivity index (χ3n) is 6.03. The molecule has 0 saturated heterocycles. The number of rotatable bonds is 5. The standard InChI is InChI=1S/C21H30F2O/c1-3-5-6-17-12-11-16-13-18(19(22)20(23)21(16)24-17)15-9-7-14(4-2)8-10-15/h13-15,17H,3-12H2,1-2H3. The molecule has 0 aromatic heterocycles. The number of unbranched alkanes of at least 4 members (excludes halogenated alkanes) is 1. The molecule has 1 aliphatic heterocycles. The Bertz CT molecular complexity index is 561. The van der Waals surface area contributed by atoms with Gasteiger partial charge in [-0.15, -0.1) is 0 Å². The Morgan fingerprint density at radius 1 is 1.04 bits per heavy atom. The van der Waals surface area contributed by atoms with Crippen molar-refractivity contribution in [3.8, 4) is 5.75 Å². The Labute approximate surface area is 144 Å². The predicted octanol–water partition coefficient (Wildman–Crippen LogP) is 6.53. The number of benzene rings is 1. The lowest BCUT2D eigenvalue weighted by Crippen LogP contribution is -2.24. The fourth-order valence-corrected chi connectivity index (χ4v) is 4.35. The summed E-state index contributed by atoms with van der Waals surface area (Å²) >= 11 is 0. The van der Waals surface area contributed by atoms with Crippen molar-refractivity contribution in [1.82, 2.24) is 0 Å². The SMILES string of the molecule is CCCCC1CCc2cc(C3CCC(CC)CC3)c(F)c(F)c2O1. The van der Waals surface area contributed by atoms with E-state index in [2.05, 4.69) is 13.8 Å². The van der Waals surface area contributed by atoms with Gasteiger partial charge in [0, 0.05) is 0 Å². The van der Waals surface area contributed by atoms with E-state index in [0.717, 1.165) is 69.3 Å². The van der Waals surface area contributed by atoms with Crippen LogP contribution in [-0.4, -0.2) is 6.10 Å². The monoisotopic (exact) mass is 336 g/mol. The van der Waals surface area contributed by atoms with E-state index in [-0.39, 0.29) is 17.8 Å². The van der Waals surface area contributed by atoms with Crippen LogP contribution in [0.1, 0.15) is 88.7 Å². The summed E-state index contributed by atoms with van der Waals surface area (Å²) in [5.74, 6) is -0.295. The Morgan fingerprint density at radius 2 is 1.79 bits per heavy atom. The van der Waals surface area contributed by atoms with Gasteiger partial charge in [0.1, 0.15) is 0 Å². The van der Waals surface area contributed by atoms with Crippen LogP contribution in [0.3, 0.4) is 0 Å². The quantitative estimate of drug-likeness (QED) is 0.594. The summed E-state index contributed by atoms with van der Waals surface area (Å²) in [6.45, 7) is 4.35. The molecule has 134 valence electrons. The topological polar surface area (TPSA) is 9.23 Å². The second-order valence-corrected chi connectivity index (χ2v) is 7.63. The first-order valence-electron chi connectivity index (χ1n) is 9.81. The van der Waals surface area contributed by atoms with Crippen LogP contribution in [0, 0.1) is 17.6 Å². The predicted molar refractivity (Wildman–Crippen MR) is 93.6 cm³/mol. The van der Waals surface area contributed by atoms with Crippen LogP contribution < -0.4 is 4.74 Å². The van der Waals surface area contributed by atoms with Crippen LogP contribution in [0.15, 0.2) is 6.07 Å². The third-order valence-corrected chi connectivity index (χ3v) is 6.03. The first-order chi connectivity index (χ1) is 11.6. The summed E-state index contributed by atoms with van der Waals surface area (Å²) < 4.78 is 35.1. The molecule has 3 heteroatoms. The first-order valence-corrected chi connectivity index (χ1v) is 9.81. The van der Waals surface area contributed by atoms with E-state index in [1.165, 1.54) is 6.42 Å². The van der Waals surface area contributed by atoms with Crippen LogP contribution in [0.5, 0.6) is 5.75 Å². The highest BCUT2D eigenvalue weighted by Crippen LogP contribution is 2.42. The number of fused-ring (bicyclic) bond motifs is 1. The van der Waals surface area contributed by atoms with Gasteiger partial charge in [-0.25, -0.2) is 4.39 Å². The van der Waals surface area contributed by atoms with Crippen molar-refractivity contribution in [2.75, 3.05) is 0 Å². The molecule has 0 N–H and O–H groups in total. The molecule has 0 radical (unpaired) electrons. The number of hydrogen-bond acceptors (Lipinski definition) is 1. The van der Waals surface area contributed by atoms with Crippen LogP contribution in [0.2, 0.25) is 0 Å². The Morgan fingerprint density at radius 3 is 2.46 bits per heavy atom. The highest BCUT2D eigenvalue weighted by molar-refractivity contribution is 5.42. The molecule has 1 unspecified atom stereocenters. The molecular formula is C21H30F2O. The van der Waals surface area contributed by atoms with Crippen LogP contribution >= 0.6 is 0 Å². The minimum Gasteiger partial charge on any atom is -0.487 e. The van der Waals surface area contributed by atoms with E-state index >= 15 is 0 Å². The van der Waals surface area contributed by atoms with Crippen molar-refractivity contribution in [1.29, 1.82) is 0 Å². The first kappa shape index (κ1) is 17.7. The maximum absolute atomic E-state index is 14.7. The van der Waals surface area contributed by atoms with Crippen LogP contribution in [0.4, 0.5) is 8.78 Å². The van der Waals surface area contributed by atoms with Crippen LogP contribution in [-0.2, 0) is 6.42 Å². The molecule has 1 aromatic carbocycles. The zero-order valence-electron chi connectivity index (χ0n) is 15.0. The molecule has 24 heavy (non-hydrogen) atoms. The summed E-state index contributed by atoms with van der Waals surface area (Å²) in [7, 11) is 0. The molecule has 1 nitrogen and oxygen atoms in total. The van der Waals surface area contributed by atoms with Gasteiger partial charge < -0.3 is 4.74 Å². The van der Waals surface area contributed by atoms with E-state index in [1.807, 2.05) is 6.07 Å². The van der Waals surface area contributed by atoms with Crippen molar-refractivity contribution < 1.29 is 13.5 Å². The summed E-state index contributed by atoms with van der Waals surface area (Å²) in [5.41, 5.74) is 1.46. The van der Waals surface area contributed by atoms with Crippen LogP contribution in [0.25, 0.3) is 0 Å². The average molecular weight is 336 g/mol. The molecule has 3 rings (SSSR count). The van der Waals surface area contributed by atoms with Gasteiger partial charge >= 0.3 is 0 Å². The number of ether oxygens (including phenoxy) is 1. The molecule has 1 heterocycles. The van der Waals surface area contributed by atoms with Crippen molar-refractivity contribution >= 4 is 0 Å². The molecule has 0 spiro atoms. The van der Waals surface area contributed by atoms with E-state index in [4.69, 9.17) is 4.74 Å². The normalized spacial score (nSPS) is 26.8. The Kier molecular flexibility index (Phi) is 5.78. The van der Waals surface area contributed by atoms with E-state index in [0.29, 0.717) is 5.56 Å². The van der Waals surface area contributed by atoms with Gasteiger partial charge in [0.05, 0.1) is 6.10 Å². The summed E-state index contributed by atoms with van der Waals surface area (Å²) in [5, 5.41) is 0. The summed E-state index contributed by atoms with van der Waals surface area (Å²) in [6.07, 6.45) is 10.3. The van der Waals surface area contributed by atoms with Gasteiger partial charge in [0.15, 0.2) is 11.6 Å². The second kappa shape index (κ2) is 7.84. The number of aryl methyl sites for hydroxylation is 1. The van der Waals surface area contributed by atoms with Gasteiger partial charge in [-0.05, 0) is 74.0 Å². The average Bonchev–Trinajstić information content (AvgIpc) is 2.63. The molecule has 0 amide bonds. The maximum atomic E-state index is 14.7. The number of halogens is 2. The van der Waals surface area contributed by atoms with Gasteiger partial charge in [-0.1, -0.05) is 33.1 Å². The molecule has 1 atom stereocenters. The summed E-state index contributed by atoms with van der Waals surface area (Å²) in [6, 6.07) is 1.90. The highest BCUT2D eigenvalue weighted by Gasteiger charge is 2.30. The molecule has 1 aliphatic carbocycles. The van der Waals surface area contributed by atoms with E-state index in [9.17, 15) is 8.78 Å². The zero-order chi connectivity index (χ0) is 17.1. The van der Waals surface area contributed by atoms with Gasteiger partial charge in [0.2, 0.25) is 5.82 Å². The maximum Gasteiger partial charge on any atom is 0.201 e. The smallest absolute Gasteiger partial charge is 0.201 e. The molecule has 1 aromatic rings. The number of hydrogen-bond donors (Lipinski definition) is 0. The van der Waals surface area contributed by atoms with Crippen molar-refractivity contribution in [3.63, 3.8) is 0 Å². The molecule has 1 saturated carbocycles. The van der Waals surface area contributed by atoms with Crippen molar-refractivity contribution in [2.45, 2.75) is 90.1 Å². The zero-order valence-corrected chi connectivity index (χ0v) is 15.0. The van der Waals surface area contributed by atoms with E-state index < -0.39 is 11.6 Å². The van der Waals surface area contributed by atoms with Gasteiger partial charge in [-0.2, -0.15) is 4.39 Å². The lowest BCUT2D eigenvalue weighted by atomic mass is 9.77. The van der Waals surface area contributed by atoms with Gasteiger partial charge in [0.25, 0.3) is 0 Å². The van der Waals surface area contributed by atoms with Crippen molar-refractivity contribution in [2.24, 2.45) is 5.92 Å². The molecule has 2 aliphatic rings. The Hall–Kier alpha value is -1.12. The minimum atomic E-state index is -0.749. The minimum absolute atomic E-state index is 0.0391. The Balaban J connectivity index is 1.78. The lowest BCUT2D eigenvalue weighted by Gasteiger charge is -2.31. The van der Waals surface area contributed by atoms with Gasteiger partial charge in [-0.3, -0.25) is 0 Å². The summed E-state index contributed by atoms with van der Waals surface area (Å²) in [4.78, 5) is 0. The molecule has 1 fully saturated rings. The largest absolute Gasteiger partial charge is 0.487 e. The van der Waals surface area contributed by atoms with E-state index in [1.54, 1.807) is 0 Å². The fourth-order valence-electron chi connectivity index (χ4n) is 4.35. The van der Waals surface area contributed by atoms with Crippen molar-refractivity contribution in [3.05, 3.63) is 28.8 Å².